The molecule has 0 radical (unpaired) electrons. The number of nitrogens with two attached hydrogens (primary N) is 1. The van der Waals surface area contributed by atoms with Gasteiger partial charge >= 0.3 is 0 Å². The van der Waals surface area contributed by atoms with Crippen LogP contribution in [0.25, 0.3) is 0 Å². The Bertz CT molecular complexity index is 385. The van der Waals surface area contributed by atoms with Crippen LogP contribution in [0.1, 0.15) is 5.56 Å². The average molecular weight is 221 g/mol. The maximum Gasteiger partial charge on any atom is 0.259 e. The summed E-state index contributed by atoms with van der Waals surface area (Å²) in [5.74, 6) is 0.492. The molecule has 5 nitrogen and oxygen atoms in total. The maximum absolute atomic E-state index is 11.2. The van der Waals surface area contributed by atoms with Gasteiger partial charge in [0.2, 0.25) is 0 Å². The van der Waals surface area contributed by atoms with E-state index in [2.05, 4.69) is 0 Å². The van der Waals surface area contributed by atoms with Crippen LogP contribution in [-0.4, -0.2) is 37.3 Å². The molecule has 86 valence electrons. The fourth-order valence-corrected chi connectivity index (χ4v) is 1.00. The Morgan fingerprint density at radius 1 is 1.38 bits per heavy atom. The molecule has 0 atom stereocenters. The summed E-state index contributed by atoms with van der Waals surface area (Å²) in [6.45, 7) is 0.00637. The van der Waals surface area contributed by atoms with Gasteiger partial charge in [0.15, 0.2) is 6.61 Å². The van der Waals surface area contributed by atoms with Gasteiger partial charge in [0.1, 0.15) is 11.6 Å². The van der Waals surface area contributed by atoms with E-state index in [1.54, 1.807) is 38.4 Å². The summed E-state index contributed by atoms with van der Waals surface area (Å²) >= 11 is 0. The highest BCUT2D eigenvalue weighted by atomic mass is 16.5. The van der Waals surface area contributed by atoms with E-state index in [0.717, 1.165) is 0 Å². The standard InChI is InChI=1S/C11H15N3O2/c1-14(2)10(15)7-16-9-5-3-8(4-6-9)11(12)13/h3-6H,7H2,1-2H3,(H3,12,13). The van der Waals surface area contributed by atoms with Crippen molar-refractivity contribution in [3.8, 4) is 5.75 Å². The van der Waals surface area contributed by atoms with Crippen LogP contribution in [0.15, 0.2) is 24.3 Å². The van der Waals surface area contributed by atoms with Crippen molar-refractivity contribution in [3.63, 3.8) is 0 Å². The van der Waals surface area contributed by atoms with Crippen LogP contribution >= 0.6 is 0 Å². The van der Waals surface area contributed by atoms with Crippen LogP contribution in [0.2, 0.25) is 0 Å². The second-order valence-corrected chi connectivity index (χ2v) is 3.51. The first-order valence-corrected chi connectivity index (χ1v) is 4.78. The number of amidine groups is 1. The molecule has 16 heavy (non-hydrogen) atoms. The van der Waals surface area contributed by atoms with E-state index < -0.39 is 0 Å². The van der Waals surface area contributed by atoms with Gasteiger partial charge in [0.25, 0.3) is 5.91 Å². The van der Waals surface area contributed by atoms with Gasteiger partial charge in [0.05, 0.1) is 0 Å². The Hall–Kier alpha value is -2.04. The van der Waals surface area contributed by atoms with Crippen LogP contribution in [-0.2, 0) is 4.79 Å². The lowest BCUT2D eigenvalue weighted by Crippen LogP contribution is -2.27. The highest BCUT2D eigenvalue weighted by Crippen LogP contribution is 2.11. The largest absolute Gasteiger partial charge is 0.484 e. The molecule has 0 aliphatic carbocycles. The van der Waals surface area contributed by atoms with Crippen LogP contribution in [0.3, 0.4) is 0 Å². The number of amides is 1. The third kappa shape index (κ3) is 3.27. The summed E-state index contributed by atoms with van der Waals surface area (Å²) in [5.41, 5.74) is 5.94. The number of ether oxygens (including phenoxy) is 1. The average Bonchev–Trinajstić information content (AvgIpc) is 2.26. The lowest BCUT2D eigenvalue weighted by Gasteiger charge is -2.11. The van der Waals surface area contributed by atoms with Crippen molar-refractivity contribution in [2.45, 2.75) is 0 Å². The highest BCUT2D eigenvalue weighted by Gasteiger charge is 2.04. The number of hydrogen-bond acceptors (Lipinski definition) is 3. The Labute approximate surface area is 94.3 Å². The first kappa shape index (κ1) is 12.0. The zero-order chi connectivity index (χ0) is 12.1. The fourth-order valence-electron chi connectivity index (χ4n) is 1.00. The van der Waals surface area contributed by atoms with Crippen molar-refractivity contribution in [3.05, 3.63) is 29.8 Å². The predicted octanol–water partition coefficient (Wildman–Crippen LogP) is 0.438. The second-order valence-electron chi connectivity index (χ2n) is 3.51. The van der Waals surface area contributed by atoms with Crippen molar-refractivity contribution in [1.82, 2.24) is 4.90 Å². The zero-order valence-electron chi connectivity index (χ0n) is 9.36. The number of carbonyl (C=O) groups excluding carboxylic acids is 1. The van der Waals surface area contributed by atoms with Gasteiger partial charge in [-0.2, -0.15) is 0 Å². The second kappa shape index (κ2) is 5.16. The highest BCUT2D eigenvalue weighted by molar-refractivity contribution is 5.94. The molecule has 5 heteroatoms. The number of hydrogen-bond donors (Lipinski definition) is 2. The summed E-state index contributed by atoms with van der Waals surface area (Å²) in [7, 11) is 3.34. The van der Waals surface area contributed by atoms with E-state index in [-0.39, 0.29) is 18.3 Å². The summed E-state index contributed by atoms with van der Waals surface area (Å²) in [5, 5.41) is 7.21. The minimum absolute atomic E-state index is 0.00637. The first-order chi connectivity index (χ1) is 7.50. The molecule has 0 aliphatic heterocycles. The molecule has 0 bridgehead atoms. The van der Waals surface area contributed by atoms with E-state index in [1.165, 1.54) is 4.90 Å². The first-order valence-electron chi connectivity index (χ1n) is 4.78. The lowest BCUT2D eigenvalue weighted by molar-refractivity contribution is -0.130. The molecule has 0 saturated heterocycles. The number of benzene rings is 1. The fraction of sp³-hybridized carbons (Fsp3) is 0.273. The molecular weight excluding hydrogens is 206 g/mol. The molecule has 3 N–H and O–H groups in total. The van der Waals surface area contributed by atoms with E-state index in [9.17, 15) is 4.79 Å². The van der Waals surface area contributed by atoms with Gasteiger partial charge in [-0.1, -0.05) is 0 Å². The summed E-state index contributed by atoms with van der Waals surface area (Å²) in [6, 6.07) is 6.72. The molecular formula is C11H15N3O2. The quantitative estimate of drug-likeness (QED) is 0.572. The lowest BCUT2D eigenvalue weighted by atomic mass is 10.2. The molecule has 1 rings (SSSR count). The number of nitrogen functional groups attached to an aromatic ring is 1. The monoisotopic (exact) mass is 221 g/mol. The predicted molar refractivity (Wildman–Crippen MR) is 61.6 cm³/mol. The third-order valence-corrected chi connectivity index (χ3v) is 2.03. The molecule has 0 unspecified atom stereocenters. The number of nitrogens with one attached hydrogen (secondary N) is 1. The Morgan fingerprint density at radius 2 is 1.94 bits per heavy atom. The van der Waals surface area contributed by atoms with Gasteiger partial charge in [-0.3, -0.25) is 10.2 Å². The van der Waals surface area contributed by atoms with Crippen LogP contribution in [0, 0.1) is 5.41 Å². The molecule has 0 heterocycles. The van der Waals surface area contributed by atoms with Crippen LogP contribution in [0.4, 0.5) is 0 Å². The van der Waals surface area contributed by atoms with Crippen molar-refractivity contribution in [1.29, 1.82) is 5.41 Å². The molecule has 1 amide bonds. The summed E-state index contributed by atoms with van der Waals surface area (Å²) < 4.78 is 5.26. The van der Waals surface area contributed by atoms with Crippen LogP contribution < -0.4 is 10.5 Å². The number of likely N-dealkylation sites (N-methyl/N-ethyl adjacent to an activating group) is 1. The number of carbonyl (C=O) groups is 1. The number of nitrogens with zero attached hydrogens (tertiary/aromatic N) is 1. The molecule has 1 aromatic rings. The van der Waals surface area contributed by atoms with Gasteiger partial charge in [-0.05, 0) is 24.3 Å². The zero-order valence-corrected chi connectivity index (χ0v) is 9.36. The van der Waals surface area contributed by atoms with Gasteiger partial charge in [-0.15, -0.1) is 0 Å². The molecule has 0 aromatic heterocycles. The van der Waals surface area contributed by atoms with Gasteiger partial charge in [-0.25, -0.2) is 0 Å². The Kier molecular flexibility index (Phi) is 3.88. The van der Waals surface area contributed by atoms with Gasteiger partial charge in [0, 0.05) is 19.7 Å². The van der Waals surface area contributed by atoms with E-state index in [4.69, 9.17) is 15.9 Å². The molecule has 1 aromatic carbocycles. The van der Waals surface area contributed by atoms with E-state index in [0.29, 0.717) is 11.3 Å². The topological polar surface area (TPSA) is 79.4 Å². The summed E-state index contributed by atoms with van der Waals surface area (Å²) in [6.07, 6.45) is 0. The van der Waals surface area contributed by atoms with Gasteiger partial charge < -0.3 is 15.4 Å². The molecule has 0 aliphatic rings. The maximum atomic E-state index is 11.2. The van der Waals surface area contributed by atoms with Crippen molar-refractivity contribution in [2.24, 2.45) is 5.73 Å². The normalized spacial score (nSPS) is 9.62. The van der Waals surface area contributed by atoms with E-state index in [1.807, 2.05) is 0 Å². The van der Waals surface area contributed by atoms with Crippen molar-refractivity contribution < 1.29 is 9.53 Å². The molecule has 0 saturated carbocycles. The van der Waals surface area contributed by atoms with Crippen molar-refractivity contribution >= 4 is 11.7 Å². The van der Waals surface area contributed by atoms with Crippen LogP contribution in [0.5, 0.6) is 5.75 Å². The minimum atomic E-state index is -0.101. The van der Waals surface area contributed by atoms with Crippen molar-refractivity contribution in [2.75, 3.05) is 20.7 Å². The molecule has 0 spiro atoms. The smallest absolute Gasteiger partial charge is 0.259 e. The SMILES string of the molecule is CN(C)C(=O)COc1ccc(C(=N)N)cc1. The Morgan fingerprint density at radius 3 is 2.38 bits per heavy atom. The Balaban J connectivity index is 2.56. The number of rotatable bonds is 4. The summed E-state index contributed by atoms with van der Waals surface area (Å²) in [4.78, 5) is 12.7. The third-order valence-electron chi connectivity index (χ3n) is 2.03. The van der Waals surface area contributed by atoms with E-state index >= 15 is 0 Å². The minimum Gasteiger partial charge on any atom is -0.484 e. The molecule has 0 fully saturated rings.